The summed E-state index contributed by atoms with van der Waals surface area (Å²) in [6, 6.07) is -0.746. The molecule has 0 aliphatic carbocycles. The van der Waals surface area contributed by atoms with Crippen LogP contribution in [0.25, 0.3) is 0 Å². The second-order valence-electron chi connectivity index (χ2n) is 17.3. The van der Waals surface area contributed by atoms with Gasteiger partial charge in [-0.1, -0.05) is 167 Å². The molecule has 0 saturated carbocycles. The summed E-state index contributed by atoms with van der Waals surface area (Å²) in [4.78, 5) is 37.0. The van der Waals surface area contributed by atoms with Gasteiger partial charge in [-0.3, -0.25) is 9.59 Å². The smallest absolute Gasteiger partial charge is 0.306 e. The zero-order valence-corrected chi connectivity index (χ0v) is 42.0. The van der Waals surface area contributed by atoms with E-state index in [1.54, 1.807) is 21.1 Å². The normalized spacial score (nSPS) is 14.0. The van der Waals surface area contributed by atoms with Gasteiger partial charge in [0.15, 0.2) is 6.10 Å². The van der Waals surface area contributed by atoms with Crippen LogP contribution in [-0.4, -0.2) is 75.5 Å². The number of allylic oxidation sites excluding steroid dienone is 22. The average molecular weight is 914 g/mol. The minimum Gasteiger partial charge on any atom is -0.544 e. The van der Waals surface area contributed by atoms with Gasteiger partial charge in [-0.05, 0) is 109 Å². The lowest BCUT2D eigenvalue weighted by atomic mass is 10.1. The molecule has 0 spiro atoms. The number of hydrogen-bond donors (Lipinski definition) is 0. The molecule has 0 fully saturated rings. The summed E-state index contributed by atoms with van der Waals surface area (Å²) in [5, 5.41) is 11.7. The largest absolute Gasteiger partial charge is 0.544 e. The Labute approximate surface area is 403 Å². The molecule has 0 aromatic carbocycles. The minimum absolute atomic E-state index is 0.00835. The molecule has 2 unspecified atom stereocenters. The summed E-state index contributed by atoms with van der Waals surface area (Å²) in [6.45, 7) is 4.35. The molecule has 0 aliphatic heterocycles. The number of rotatable bonds is 43. The van der Waals surface area contributed by atoms with Crippen LogP contribution in [-0.2, 0) is 28.6 Å². The molecule has 0 amide bonds. The fraction of sp³-hybridized carbons (Fsp3) is 0.569. The number of aliphatic carboxylic acids is 1. The van der Waals surface area contributed by atoms with Crippen molar-refractivity contribution in [3.05, 3.63) is 134 Å². The van der Waals surface area contributed by atoms with E-state index in [2.05, 4.69) is 148 Å². The third-order valence-electron chi connectivity index (χ3n) is 10.3. The number of carbonyl (C=O) groups excluding carboxylic acids is 3. The van der Waals surface area contributed by atoms with Gasteiger partial charge in [0.1, 0.15) is 12.6 Å². The van der Waals surface area contributed by atoms with Crippen LogP contribution in [0.15, 0.2) is 134 Å². The van der Waals surface area contributed by atoms with Crippen LogP contribution in [0.1, 0.15) is 162 Å². The van der Waals surface area contributed by atoms with Crippen molar-refractivity contribution in [2.24, 2.45) is 0 Å². The van der Waals surface area contributed by atoms with Crippen LogP contribution in [0.2, 0.25) is 0 Å². The van der Waals surface area contributed by atoms with E-state index < -0.39 is 18.1 Å². The number of esters is 2. The maximum atomic E-state index is 12.8. The first kappa shape index (κ1) is 61.5. The highest BCUT2D eigenvalue weighted by Crippen LogP contribution is 2.12. The standard InChI is InChI=1S/C58H91NO7/c1-6-8-10-12-14-16-18-20-22-24-26-28-29-31-33-35-37-39-41-43-45-47-49-57(61)66-54(52-64-51-50-55(58(62)63)59(3,4)5)53-65-56(60)48-46-44-42-40-38-36-34-32-30-27-25-23-21-19-17-15-13-11-9-7-2/h8-11,14-17,20-23,26-28,30-31,33-34,36-37,39,54-55H,6-7,12-13,18-19,24-25,29,32,35,38,40-53H2,1-5H3/b10-8+,11-9+,16-14+,17-15+,22-20+,23-21+,28-26+,30-27+,33-31+,36-34+,39-37+. The highest BCUT2D eigenvalue weighted by Gasteiger charge is 2.25. The van der Waals surface area contributed by atoms with E-state index in [4.69, 9.17) is 14.2 Å². The number of unbranched alkanes of at least 4 members (excludes halogenated alkanes) is 7. The van der Waals surface area contributed by atoms with Crippen LogP contribution in [0.5, 0.6) is 0 Å². The quantitative estimate of drug-likeness (QED) is 0.0260. The van der Waals surface area contributed by atoms with Crippen molar-refractivity contribution >= 4 is 17.9 Å². The molecule has 2 atom stereocenters. The first-order valence-corrected chi connectivity index (χ1v) is 25.2. The topological polar surface area (TPSA) is 102 Å². The van der Waals surface area contributed by atoms with Crippen LogP contribution in [0.4, 0.5) is 0 Å². The average Bonchev–Trinajstić information content (AvgIpc) is 3.28. The summed E-state index contributed by atoms with van der Waals surface area (Å²) in [5.41, 5.74) is 0. The van der Waals surface area contributed by atoms with Crippen molar-refractivity contribution in [1.82, 2.24) is 0 Å². The van der Waals surface area contributed by atoms with Gasteiger partial charge in [-0.25, -0.2) is 0 Å². The first-order valence-electron chi connectivity index (χ1n) is 25.2. The summed E-state index contributed by atoms with van der Waals surface area (Å²) < 4.78 is 17.2. The Morgan fingerprint density at radius 2 is 0.803 bits per heavy atom. The SMILES string of the molecule is CC/C=C/C/C=C/C/C=C/C/C=C/C/C=C/C/C=C/CCCCCC(=O)OC(COCCC(C(=O)[O-])[N+](C)(C)C)COC(=O)CCCCCC/C=C/C/C=C/C/C=C/C/C=C/C/C=C/CC. The summed E-state index contributed by atoms with van der Waals surface area (Å²) in [5.74, 6) is -1.83. The zero-order chi connectivity index (χ0) is 48.4. The van der Waals surface area contributed by atoms with Crippen molar-refractivity contribution in [3.8, 4) is 0 Å². The summed E-state index contributed by atoms with van der Waals surface area (Å²) >= 11 is 0. The minimum atomic E-state index is -1.14. The molecule has 0 aromatic rings. The Morgan fingerprint density at radius 1 is 0.455 bits per heavy atom. The molecule has 8 nitrogen and oxygen atoms in total. The molecular weight excluding hydrogens is 823 g/mol. The predicted molar refractivity (Wildman–Crippen MR) is 277 cm³/mol. The number of carboxylic acids is 1. The van der Waals surface area contributed by atoms with Crippen LogP contribution in [0.3, 0.4) is 0 Å². The molecule has 0 rings (SSSR count). The van der Waals surface area contributed by atoms with Gasteiger partial charge in [-0.2, -0.15) is 0 Å². The first-order chi connectivity index (χ1) is 32.1. The lowest BCUT2D eigenvalue weighted by molar-refractivity contribution is -0.889. The monoisotopic (exact) mass is 914 g/mol. The Bertz CT molecular complexity index is 1530. The zero-order valence-electron chi connectivity index (χ0n) is 42.0. The van der Waals surface area contributed by atoms with Crippen molar-refractivity contribution < 1.29 is 38.2 Å². The number of carboxylic acid groups (broad SMARTS) is 1. The second-order valence-corrected chi connectivity index (χ2v) is 17.3. The van der Waals surface area contributed by atoms with Gasteiger partial charge >= 0.3 is 11.9 Å². The van der Waals surface area contributed by atoms with E-state index in [1.165, 1.54) is 0 Å². The van der Waals surface area contributed by atoms with Gasteiger partial charge < -0.3 is 28.6 Å². The Balaban J connectivity index is 4.43. The van der Waals surface area contributed by atoms with Crippen molar-refractivity contribution in [2.75, 3.05) is 41.0 Å². The summed E-state index contributed by atoms with van der Waals surface area (Å²) in [7, 11) is 5.38. The molecule has 0 radical (unpaired) electrons. The number of nitrogens with zero attached hydrogens (tertiary/aromatic N) is 1. The molecule has 370 valence electrons. The molecule has 0 bridgehead atoms. The van der Waals surface area contributed by atoms with Gasteiger partial charge in [-0.15, -0.1) is 0 Å². The van der Waals surface area contributed by atoms with Gasteiger partial charge in [0.2, 0.25) is 0 Å². The van der Waals surface area contributed by atoms with Crippen molar-refractivity contribution in [2.45, 2.75) is 174 Å². The van der Waals surface area contributed by atoms with E-state index in [1.807, 2.05) is 0 Å². The van der Waals surface area contributed by atoms with E-state index >= 15 is 0 Å². The molecular formula is C58H91NO7. The summed E-state index contributed by atoms with van der Waals surface area (Å²) in [6.07, 6.45) is 67.6. The Morgan fingerprint density at radius 3 is 1.18 bits per heavy atom. The van der Waals surface area contributed by atoms with Gasteiger partial charge in [0.05, 0.1) is 40.3 Å². The number of carbonyl (C=O) groups is 3. The predicted octanol–water partition coefficient (Wildman–Crippen LogP) is 13.4. The molecule has 0 heterocycles. The Hall–Kier alpha value is -4.53. The van der Waals surface area contributed by atoms with E-state index in [9.17, 15) is 19.5 Å². The molecule has 0 N–H and O–H groups in total. The lowest BCUT2D eigenvalue weighted by Crippen LogP contribution is -2.55. The molecule has 0 aromatic heterocycles. The fourth-order valence-electron chi connectivity index (χ4n) is 6.45. The third kappa shape index (κ3) is 44.7. The molecule has 0 aliphatic rings. The lowest BCUT2D eigenvalue weighted by Gasteiger charge is -2.34. The van der Waals surface area contributed by atoms with E-state index in [0.29, 0.717) is 12.8 Å². The van der Waals surface area contributed by atoms with Crippen LogP contribution in [0, 0.1) is 0 Å². The van der Waals surface area contributed by atoms with Crippen LogP contribution >= 0.6 is 0 Å². The van der Waals surface area contributed by atoms with Crippen molar-refractivity contribution in [1.29, 1.82) is 0 Å². The number of likely N-dealkylation sites (N-methyl/N-ethyl adjacent to an activating group) is 1. The second kappa shape index (κ2) is 47.0. The highest BCUT2D eigenvalue weighted by molar-refractivity contribution is 5.70. The Kier molecular flexibility index (Phi) is 43.8. The third-order valence-corrected chi connectivity index (χ3v) is 10.3. The van der Waals surface area contributed by atoms with Gasteiger partial charge in [0.25, 0.3) is 0 Å². The van der Waals surface area contributed by atoms with Crippen LogP contribution < -0.4 is 5.11 Å². The number of hydrogen-bond acceptors (Lipinski definition) is 7. The van der Waals surface area contributed by atoms with E-state index in [0.717, 1.165) is 122 Å². The maximum Gasteiger partial charge on any atom is 0.306 e. The fourth-order valence-corrected chi connectivity index (χ4v) is 6.45. The molecule has 8 heteroatoms. The highest BCUT2D eigenvalue weighted by atomic mass is 16.6. The van der Waals surface area contributed by atoms with E-state index in [-0.39, 0.29) is 49.1 Å². The number of quaternary nitrogens is 1. The molecule has 0 saturated heterocycles. The number of ether oxygens (including phenoxy) is 3. The maximum absolute atomic E-state index is 12.8. The molecule has 66 heavy (non-hydrogen) atoms. The van der Waals surface area contributed by atoms with Gasteiger partial charge in [0, 0.05) is 19.3 Å². The van der Waals surface area contributed by atoms with Crippen molar-refractivity contribution in [3.63, 3.8) is 0 Å².